The van der Waals surface area contributed by atoms with Crippen LogP contribution in [0.3, 0.4) is 0 Å². The normalized spacial score (nSPS) is 8.58. The molecule has 0 aliphatic heterocycles. The number of aromatic nitrogens is 3. The zero-order chi connectivity index (χ0) is 8.97. The Morgan fingerprint density at radius 3 is 1.92 bits per heavy atom. The van der Waals surface area contributed by atoms with Crippen molar-refractivity contribution >= 4 is 0 Å². The summed E-state index contributed by atoms with van der Waals surface area (Å²) in [7, 11) is 0. The van der Waals surface area contributed by atoms with Crippen molar-refractivity contribution < 1.29 is 4.39 Å². The third kappa shape index (κ3) is 1.50. The van der Waals surface area contributed by atoms with Crippen LogP contribution >= 0.6 is 0 Å². The second-order valence-electron chi connectivity index (χ2n) is 1.76. The van der Waals surface area contributed by atoms with Gasteiger partial charge < -0.3 is 0 Å². The summed E-state index contributed by atoms with van der Waals surface area (Å²) >= 11 is 0. The summed E-state index contributed by atoms with van der Waals surface area (Å²) in [5, 5.41) is 16.7. The highest BCUT2D eigenvalue weighted by molar-refractivity contribution is 5.17. The lowest BCUT2D eigenvalue weighted by molar-refractivity contribution is 0.463. The highest BCUT2D eigenvalue weighted by Gasteiger charge is 2.03. The Kier molecular flexibility index (Phi) is 2.24. The molecule has 0 fully saturated rings. The summed E-state index contributed by atoms with van der Waals surface area (Å²) < 4.78 is 12.0. The molecule has 1 aromatic rings. The first-order chi connectivity index (χ1) is 5.80. The lowest BCUT2D eigenvalue weighted by Crippen LogP contribution is -2.01. The highest BCUT2D eigenvalue weighted by Crippen LogP contribution is 1.95. The van der Waals surface area contributed by atoms with Crippen LogP contribution in [0.15, 0.2) is 0 Å². The number of rotatable bonds is 1. The zero-order valence-corrected chi connectivity index (χ0v) is 5.82. The molecule has 1 heterocycles. The standard InChI is InChI=1S/C6H2FN5/c7-1-4-10-5(2-8)12-6(3-9)11-4/h1H2. The van der Waals surface area contributed by atoms with Gasteiger partial charge in [-0.1, -0.05) is 0 Å². The van der Waals surface area contributed by atoms with E-state index in [1.54, 1.807) is 12.1 Å². The Morgan fingerprint density at radius 2 is 1.58 bits per heavy atom. The fraction of sp³-hybridized carbons (Fsp3) is 0.167. The highest BCUT2D eigenvalue weighted by atomic mass is 19.1. The SMILES string of the molecule is N#Cc1nc(C#N)nc(CF)n1. The van der Waals surface area contributed by atoms with Crippen LogP contribution in [0.5, 0.6) is 0 Å². The minimum atomic E-state index is -0.911. The van der Waals surface area contributed by atoms with Gasteiger partial charge in [-0.25, -0.2) is 14.4 Å². The van der Waals surface area contributed by atoms with Crippen LogP contribution in [-0.2, 0) is 6.67 Å². The van der Waals surface area contributed by atoms with E-state index in [4.69, 9.17) is 10.5 Å². The average Bonchev–Trinajstić information content (AvgIpc) is 2.16. The van der Waals surface area contributed by atoms with Gasteiger partial charge >= 0.3 is 0 Å². The number of hydrogen-bond acceptors (Lipinski definition) is 5. The quantitative estimate of drug-likeness (QED) is 0.585. The minimum Gasteiger partial charge on any atom is -0.242 e. The molecule has 0 N–H and O–H groups in total. The first kappa shape index (κ1) is 8.02. The number of nitrogens with zero attached hydrogens (tertiary/aromatic N) is 5. The molecule has 0 aromatic carbocycles. The van der Waals surface area contributed by atoms with Gasteiger partial charge in [-0.15, -0.1) is 0 Å². The molecule has 0 aliphatic rings. The third-order valence-corrected chi connectivity index (χ3v) is 1.00. The maximum absolute atomic E-state index is 12.0. The second kappa shape index (κ2) is 3.35. The van der Waals surface area contributed by atoms with Crippen molar-refractivity contribution in [2.75, 3.05) is 0 Å². The molecule has 0 atom stereocenters. The smallest absolute Gasteiger partial charge is 0.236 e. The van der Waals surface area contributed by atoms with E-state index < -0.39 is 6.67 Å². The Morgan fingerprint density at radius 1 is 1.08 bits per heavy atom. The van der Waals surface area contributed by atoms with Crippen LogP contribution in [0.4, 0.5) is 4.39 Å². The Balaban J connectivity index is 3.24. The molecule has 0 saturated heterocycles. The van der Waals surface area contributed by atoms with Gasteiger partial charge in [0.15, 0.2) is 5.82 Å². The zero-order valence-electron chi connectivity index (χ0n) is 5.82. The van der Waals surface area contributed by atoms with E-state index in [-0.39, 0.29) is 17.5 Å². The molecule has 12 heavy (non-hydrogen) atoms. The lowest BCUT2D eigenvalue weighted by atomic mass is 10.5. The van der Waals surface area contributed by atoms with Gasteiger partial charge in [0.05, 0.1) is 0 Å². The van der Waals surface area contributed by atoms with E-state index in [0.717, 1.165) is 0 Å². The number of halogens is 1. The summed E-state index contributed by atoms with van der Waals surface area (Å²) in [4.78, 5) is 10.2. The molecule has 0 amide bonds. The van der Waals surface area contributed by atoms with Crippen molar-refractivity contribution in [2.45, 2.75) is 6.67 Å². The number of hydrogen-bond donors (Lipinski definition) is 0. The van der Waals surface area contributed by atoms with Gasteiger partial charge in [0.1, 0.15) is 18.8 Å². The van der Waals surface area contributed by atoms with Crippen LogP contribution in [0.2, 0.25) is 0 Å². The van der Waals surface area contributed by atoms with E-state index in [9.17, 15) is 4.39 Å². The maximum atomic E-state index is 12.0. The first-order valence-corrected chi connectivity index (χ1v) is 2.91. The van der Waals surface area contributed by atoms with Crippen LogP contribution < -0.4 is 0 Å². The molecule has 1 rings (SSSR count). The van der Waals surface area contributed by atoms with Crippen molar-refractivity contribution in [3.05, 3.63) is 17.5 Å². The molecule has 0 spiro atoms. The fourth-order valence-electron chi connectivity index (χ4n) is 0.580. The maximum Gasteiger partial charge on any atom is 0.236 e. The van der Waals surface area contributed by atoms with E-state index in [1.807, 2.05) is 0 Å². The Labute approximate surface area is 67.1 Å². The summed E-state index contributed by atoms with van der Waals surface area (Å²) in [5.41, 5.74) is 0. The molecular formula is C6H2FN5. The predicted octanol–water partition coefficient (Wildman–Crippen LogP) is 0.0845. The number of alkyl halides is 1. The van der Waals surface area contributed by atoms with Crippen molar-refractivity contribution in [3.8, 4) is 12.1 Å². The Hall–Kier alpha value is -2.08. The van der Waals surface area contributed by atoms with Gasteiger partial charge in [-0.05, 0) is 0 Å². The summed E-state index contributed by atoms with van der Waals surface area (Å²) in [6, 6.07) is 3.19. The fourth-order valence-corrected chi connectivity index (χ4v) is 0.580. The van der Waals surface area contributed by atoms with Crippen molar-refractivity contribution in [1.29, 1.82) is 10.5 Å². The largest absolute Gasteiger partial charge is 0.242 e. The monoisotopic (exact) mass is 163 g/mol. The van der Waals surface area contributed by atoms with Crippen LogP contribution in [0.25, 0.3) is 0 Å². The van der Waals surface area contributed by atoms with E-state index in [2.05, 4.69) is 15.0 Å². The summed E-state index contributed by atoms with van der Waals surface area (Å²) in [6.45, 7) is -0.911. The molecule has 0 saturated carbocycles. The van der Waals surface area contributed by atoms with Gasteiger partial charge in [-0.3, -0.25) is 0 Å². The molecule has 1 aromatic heterocycles. The molecule has 0 bridgehead atoms. The van der Waals surface area contributed by atoms with Gasteiger partial charge in [0.25, 0.3) is 0 Å². The third-order valence-electron chi connectivity index (χ3n) is 1.00. The van der Waals surface area contributed by atoms with Crippen molar-refractivity contribution in [1.82, 2.24) is 15.0 Å². The van der Waals surface area contributed by atoms with Gasteiger partial charge in [-0.2, -0.15) is 15.5 Å². The second-order valence-corrected chi connectivity index (χ2v) is 1.76. The van der Waals surface area contributed by atoms with Gasteiger partial charge in [0, 0.05) is 0 Å². The Bertz CT molecular complexity index is 342. The number of nitriles is 2. The minimum absolute atomic E-state index is 0.196. The summed E-state index contributed by atoms with van der Waals surface area (Å²) in [6.07, 6.45) is 0. The topological polar surface area (TPSA) is 86.2 Å². The van der Waals surface area contributed by atoms with Crippen molar-refractivity contribution in [2.24, 2.45) is 0 Å². The molecule has 58 valence electrons. The van der Waals surface area contributed by atoms with E-state index in [1.165, 1.54) is 0 Å². The van der Waals surface area contributed by atoms with Crippen LogP contribution in [0.1, 0.15) is 17.5 Å². The van der Waals surface area contributed by atoms with Crippen LogP contribution in [0, 0.1) is 22.7 Å². The average molecular weight is 163 g/mol. The lowest BCUT2D eigenvalue weighted by Gasteiger charge is -1.92. The van der Waals surface area contributed by atoms with E-state index in [0.29, 0.717) is 0 Å². The summed E-state index contributed by atoms with van der Waals surface area (Å²) in [5.74, 6) is -0.679. The molecule has 0 radical (unpaired) electrons. The molecule has 0 unspecified atom stereocenters. The first-order valence-electron chi connectivity index (χ1n) is 2.91. The molecular weight excluding hydrogens is 161 g/mol. The predicted molar refractivity (Wildman–Crippen MR) is 34.1 cm³/mol. The molecule has 5 nitrogen and oxygen atoms in total. The van der Waals surface area contributed by atoms with Gasteiger partial charge in [0.2, 0.25) is 11.6 Å². The molecule has 6 heteroatoms. The molecule has 0 aliphatic carbocycles. The van der Waals surface area contributed by atoms with Crippen molar-refractivity contribution in [3.63, 3.8) is 0 Å². The van der Waals surface area contributed by atoms with E-state index >= 15 is 0 Å². The van der Waals surface area contributed by atoms with Crippen LogP contribution in [-0.4, -0.2) is 15.0 Å².